The monoisotopic (exact) mass is 349 g/mol. The molecule has 3 rings (SSSR count). The second kappa shape index (κ2) is 6.39. The number of benzene rings is 1. The Balaban J connectivity index is 2.18. The van der Waals surface area contributed by atoms with Gasteiger partial charge in [0.05, 0.1) is 11.6 Å². The summed E-state index contributed by atoms with van der Waals surface area (Å²) in [5, 5.41) is 3.87. The molecule has 3 N–H and O–H groups in total. The maximum atomic E-state index is 13.2. The van der Waals surface area contributed by atoms with Crippen LogP contribution in [0.5, 0.6) is 0 Å². The van der Waals surface area contributed by atoms with Gasteiger partial charge >= 0.3 is 6.41 Å². The molecule has 0 saturated carbocycles. The molecule has 0 radical (unpaired) electrons. The SMILES string of the molecule is Cc1nc([N+]2(C=O)CCNCC2C(N)=O)c(-c2ccc(F)cc2)s1. The summed E-state index contributed by atoms with van der Waals surface area (Å²) in [6, 6.07) is 5.30. The van der Waals surface area contributed by atoms with Gasteiger partial charge in [-0.05, 0) is 24.6 Å². The van der Waals surface area contributed by atoms with Gasteiger partial charge in [-0.1, -0.05) is 12.1 Å². The van der Waals surface area contributed by atoms with Crippen LogP contribution in [0.2, 0.25) is 0 Å². The van der Waals surface area contributed by atoms with Gasteiger partial charge < -0.3 is 11.1 Å². The van der Waals surface area contributed by atoms with Crippen LogP contribution < -0.4 is 15.5 Å². The third kappa shape index (κ3) is 2.72. The lowest BCUT2D eigenvalue weighted by molar-refractivity contribution is -0.131. The average molecular weight is 349 g/mol. The second-order valence-corrected chi connectivity index (χ2v) is 6.98. The van der Waals surface area contributed by atoms with Gasteiger partial charge in [0, 0.05) is 6.54 Å². The van der Waals surface area contributed by atoms with Crippen LogP contribution >= 0.6 is 11.3 Å². The number of nitrogens with two attached hydrogens (primary N) is 1. The zero-order valence-electron chi connectivity index (χ0n) is 13.2. The van der Waals surface area contributed by atoms with Crippen molar-refractivity contribution in [3.05, 3.63) is 35.1 Å². The Bertz CT molecular complexity index is 777. The lowest BCUT2D eigenvalue weighted by atomic mass is 10.1. The highest BCUT2D eigenvalue weighted by Gasteiger charge is 2.48. The fourth-order valence-electron chi connectivity index (χ4n) is 3.07. The molecule has 0 aliphatic carbocycles. The predicted octanol–water partition coefficient (Wildman–Crippen LogP) is 1.18. The molecular weight excluding hydrogens is 331 g/mol. The van der Waals surface area contributed by atoms with E-state index in [1.807, 2.05) is 6.92 Å². The van der Waals surface area contributed by atoms with E-state index >= 15 is 0 Å². The Labute approximate surface area is 142 Å². The van der Waals surface area contributed by atoms with Crippen molar-refractivity contribution < 1.29 is 14.0 Å². The van der Waals surface area contributed by atoms with E-state index in [0.29, 0.717) is 25.5 Å². The van der Waals surface area contributed by atoms with Crippen LogP contribution in [0.4, 0.5) is 10.2 Å². The molecule has 126 valence electrons. The fraction of sp³-hybridized carbons (Fsp3) is 0.312. The summed E-state index contributed by atoms with van der Waals surface area (Å²) < 4.78 is 13.0. The van der Waals surface area contributed by atoms with Crippen molar-refractivity contribution in [3.8, 4) is 10.4 Å². The number of quaternary nitrogens is 1. The third-order valence-corrected chi connectivity index (χ3v) is 5.30. The summed E-state index contributed by atoms with van der Waals surface area (Å²) in [5.74, 6) is -0.382. The number of rotatable bonds is 4. The van der Waals surface area contributed by atoms with Crippen molar-refractivity contribution >= 4 is 29.5 Å². The number of thiazole rings is 1. The number of nitrogens with one attached hydrogen (secondary N) is 1. The van der Waals surface area contributed by atoms with Crippen LogP contribution in [0.1, 0.15) is 5.01 Å². The largest absolute Gasteiger partial charge is 0.364 e. The summed E-state index contributed by atoms with van der Waals surface area (Å²) in [4.78, 5) is 29.3. The number of piperazine rings is 1. The molecule has 0 bridgehead atoms. The number of aromatic nitrogens is 1. The normalized spacial score (nSPS) is 23.8. The molecule has 1 aromatic heterocycles. The van der Waals surface area contributed by atoms with Gasteiger partial charge in [-0.15, -0.1) is 11.3 Å². The van der Waals surface area contributed by atoms with Crippen molar-refractivity contribution in [2.75, 3.05) is 19.6 Å². The van der Waals surface area contributed by atoms with E-state index in [-0.39, 0.29) is 10.3 Å². The molecule has 1 aliphatic rings. The van der Waals surface area contributed by atoms with Crippen molar-refractivity contribution in [2.24, 2.45) is 5.73 Å². The molecule has 6 nitrogen and oxygen atoms in total. The number of aryl methyl sites for hydroxylation is 1. The van der Waals surface area contributed by atoms with E-state index in [4.69, 9.17) is 5.73 Å². The molecule has 0 spiro atoms. The van der Waals surface area contributed by atoms with Gasteiger partial charge in [0.15, 0.2) is 6.04 Å². The molecule has 2 aromatic rings. The first kappa shape index (κ1) is 16.7. The highest BCUT2D eigenvalue weighted by atomic mass is 32.1. The minimum absolute atomic E-state index is 0.237. The van der Waals surface area contributed by atoms with Gasteiger partial charge in [-0.3, -0.25) is 4.79 Å². The van der Waals surface area contributed by atoms with E-state index in [1.165, 1.54) is 23.5 Å². The van der Waals surface area contributed by atoms with E-state index < -0.39 is 11.9 Å². The Morgan fingerprint density at radius 3 is 2.79 bits per heavy atom. The molecule has 2 heterocycles. The van der Waals surface area contributed by atoms with E-state index in [9.17, 15) is 14.0 Å². The van der Waals surface area contributed by atoms with Gasteiger partial charge in [0.2, 0.25) is 0 Å². The highest BCUT2D eigenvalue weighted by molar-refractivity contribution is 7.15. The van der Waals surface area contributed by atoms with Crippen molar-refractivity contribution in [2.45, 2.75) is 13.0 Å². The summed E-state index contributed by atoms with van der Waals surface area (Å²) in [6.45, 7) is 3.11. The first-order valence-corrected chi connectivity index (χ1v) is 8.37. The van der Waals surface area contributed by atoms with Gasteiger partial charge in [0.25, 0.3) is 11.7 Å². The Kier molecular flexibility index (Phi) is 4.44. The summed E-state index contributed by atoms with van der Waals surface area (Å²) in [7, 11) is 0. The first-order valence-electron chi connectivity index (χ1n) is 7.55. The topological polar surface area (TPSA) is 85.1 Å². The average Bonchev–Trinajstić information content (AvgIpc) is 2.97. The van der Waals surface area contributed by atoms with Crippen molar-refractivity contribution in [1.29, 1.82) is 0 Å². The zero-order valence-corrected chi connectivity index (χ0v) is 14.0. The maximum absolute atomic E-state index is 13.2. The van der Waals surface area contributed by atoms with E-state index in [0.717, 1.165) is 21.9 Å². The third-order valence-electron chi connectivity index (χ3n) is 4.29. The lowest BCUT2D eigenvalue weighted by Gasteiger charge is -2.39. The number of nitrogens with zero attached hydrogens (tertiary/aromatic N) is 2. The smallest absolute Gasteiger partial charge is 0.308 e. The quantitative estimate of drug-likeness (QED) is 0.641. The number of amides is 2. The minimum Gasteiger partial charge on any atom is -0.364 e. The number of hydrogen-bond donors (Lipinski definition) is 2. The summed E-state index contributed by atoms with van der Waals surface area (Å²) >= 11 is 1.41. The molecule has 1 fully saturated rings. The van der Waals surface area contributed by atoms with Crippen LogP contribution in [0.25, 0.3) is 10.4 Å². The minimum atomic E-state index is -0.725. The van der Waals surface area contributed by atoms with Crippen LogP contribution in [-0.2, 0) is 9.59 Å². The molecule has 2 atom stereocenters. The Hall–Kier alpha value is -2.16. The standard InChI is InChI=1S/C16H17FN4O2S/c1-10-20-16(14(24-10)11-2-4-12(17)5-3-11)21(9-22)7-6-19-8-13(21)15(18)23/h2-5,9,13,19H,6-8H2,1H3,(H-,18,23)/p+1. The molecule has 1 aromatic carbocycles. The number of primary amides is 1. The number of halogens is 1. The second-order valence-electron chi connectivity index (χ2n) is 5.77. The van der Waals surface area contributed by atoms with Crippen LogP contribution in [0, 0.1) is 12.7 Å². The van der Waals surface area contributed by atoms with Gasteiger partial charge in [0.1, 0.15) is 17.2 Å². The van der Waals surface area contributed by atoms with Crippen LogP contribution in [0.3, 0.4) is 0 Å². The lowest BCUT2D eigenvalue weighted by Crippen LogP contribution is -2.69. The van der Waals surface area contributed by atoms with Crippen LogP contribution in [-0.4, -0.2) is 43.0 Å². The Morgan fingerprint density at radius 2 is 2.17 bits per heavy atom. The van der Waals surface area contributed by atoms with Gasteiger partial charge in [-0.2, -0.15) is 4.98 Å². The molecule has 24 heavy (non-hydrogen) atoms. The first-order chi connectivity index (χ1) is 11.5. The molecule has 2 unspecified atom stereocenters. The van der Waals surface area contributed by atoms with Crippen molar-refractivity contribution in [3.63, 3.8) is 0 Å². The molecule has 8 heteroatoms. The van der Waals surface area contributed by atoms with Gasteiger partial charge in [-0.25, -0.2) is 13.7 Å². The highest BCUT2D eigenvalue weighted by Crippen LogP contribution is 2.40. The number of carbonyl (C=O) groups excluding carboxylic acids is 2. The molecule has 1 aliphatic heterocycles. The van der Waals surface area contributed by atoms with Crippen LogP contribution in [0.15, 0.2) is 24.3 Å². The zero-order chi connectivity index (χ0) is 17.3. The maximum Gasteiger partial charge on any atom is 0.308 e. The van der Waals surface area contributed by atoms with Crippen molar-refractivity contribution in [1.82, 2.24) is 14.8 Å². The molecule has 1 saturated heterocycles. The number of hydrogen-bond acceptors (Lipinski definition) is 5. The molecular formula is C16H18FN4O2S+. The number of carbonyl (C=O) groups is 2. The summed E-state index contributed by atoms with van der Waals surface area (Å²) in [5.41, 5.74) is 6.31. The fourth-order valence-corrected chi connectivity index (χ4v) is 4.05. The van der Waals surface area contributed by atoms with E-state index in [2.05, 4.69) is 10.3 Å². The summed E-state index contributed by atoms with van der Waals surface area (Å²) in [6.07, 6.45) is 0.748. The molecule has 2 amide bonds. The Morgan fingerprint density at radius 1 is 1.46 bits per heavy atom. The predicted molar refractivity (Wildman–Crippen MR) is 90.8 cm³/mol. The van der Waals surface area contributed by atoms with E-state index in [1.54, 1.807) is 12.1 Å².